The van der Waals surface area contributed by atoms with Gasteiger partial charge < -0.3 is 4.57 Å². The van der Waals surface area contributed by atoms with Crippen molar-refractivity contribution >= 4 is 5.52 Å². The minimum absolute atomic E-state index is 0.114. The van der Waals surface area contributed by atoms with Crippen LogP contribution in [-0.2, 0) is 13.0 Å². The molecule has 1 aromatic carbocycles. The van der Waals surface area contributed by atoms with Crippen molar-refractivity contribution in [1.82, 2.24) is 14.0 Å². The number of hydrogen-bond donors (Lipinski definition) is 0. The van der Waals surface area contributed by atoms with Gasteiger partial charge in [-0.05, 0) is 24.1 Å². The first kappa shape index (κ1) is 13.5. The summed E-state index contributed by atoms with van der Waals surface area (Å²) in [5.41, 5.74) is 1.20. The zero-order valence-corrected chi connectivity index (χ0v) is 11.8. The van der Waals surface area contributed by atoms with Crippen LogP contribution in [0.15, 0.2) is 47.7 Å². The lowest BCUT2D eigenvalue weighted by atomic mass is 10.2. The summed E-state index contributed by atoms with van der Waals surface area (Å²) in [5, 5.41) is 0. The van der Waals surface area contributed by atoms with E-state index in [-0.39, 0.29) is 11.4 Å². The lowest BCUT2D eigenvalue weighted by molar-refractivity contribution is 0.622. The van der Waals surface area contributed by atoms with Crippen LogP contribution < -0.4 is 5.56 Å². The average molecular weight is 285 g/mol. The van der Waals surface area contributed by atoms with E-state index in [1.165, 1.54) is 12.1 Å². The Labute approximate surface area is 121 Å². The van der Waals surface area contributed by atoms with Gasteiger partial charge in [0.05, 0.1) is 12.7 Å². The molecular formula is C16H16FN3O. The highest BCUT2D eigenvalue weighted by Gasteiger charge is 2.08. The second-order valence-corrected chi connectivity index (χ2v) is 5.04. The van der Waals surface area contributed by atoms with E-state index in [2.05, 4.69) is 11.9 Å². The van der Waals surface area contributed by atoms with E-state index in [1.54, 1.807) is 29.1 Å². The molecule has 4 nitrogen and oxygen atoms in total. The largest absolute Gasteiger partial charge is 0.308 e. The van der Waals surface area contributed by atoms with Gasteiger partial charge in [-0.2, -0.15) is 0 Å². The molecule has 0 spiro atoms. The Morgan fingerprint density at radius 1 is 1.29 bits per heavy atom. The molecule has 0 radical (unpaired) electrons. The van der Waals surface area contributed by atoms with Gasteiger partial charge in [0.25, 0.3) is 5.56 Å². The van der Waals surface area contributed by atoms with E-state index >= 15 is 0 Å². The molecule has 0 bridgehead atoms. The topological polar surface area (TPSA) is 39.3 Å². The zero-order valence-electron chi connectivity index (χ0n) is 11.8. The highest BCUT2D eigenvalue weighted by atomic mass is 19.1. The Kier molecular flexibility index (Phi) is 3.56. The molecule has 0 N–H and O–H groups in total. The van der Waals surface area contributed by atoms with Gasteiger partial charge in [-0.3, -0.25) is 9.20 Å². The molecule has 0 amide bonds. The van der Waals surface area contributed by atoms with Gasteiger partial charge in [0.15, 0.2) is 0 Å². The number of rotatable bonds is 4. The molecule has 0 saturated carbocycles. The fraction of sp³-hybridized carbons (Fsp3) is 0.250. The van der Waals surface area contributed by atoms with E-state index in [1.807, 2.05) is 10.6 Å². The van der Waals surface area contributed by atoms with E-state index in [0.29, 0.717) is 12.1 Å². The molecule has 2 heterocycles. The number of hydrogen-bond acceptors (Lipinski definition) is 2. The Hall–Kier alpha value is -2.43. The first-order valence-corrected chi connectivity index (χ1v) is 6.99. The average Bonchev–Trinajstić information content (AvgIpc) is 2.87. The third kappa shape index (κ3) is 2.59. The van der Waals surface area contributed by atoms with Crippen molar-refractivity contribution in [3.8, 4) is 0 Å². The van der Waals surface area contributed by atoms with Crippen LogP contribution in [0.3, 0.4) is 0 Å². The quantitative estimate of drug-likeness (QED) is 0.739. The maximum absolute atomic E-state index is 13.2. The van der Waals surface area contributed by atoms with Crippen molar-refractivity contribution in [2.24, 2.45) is 0 Å². The molecule has 0 atom stereocenters. The van der Waals surface area contributed by atoms with E-state index in [0.717, 1.165) is 24.2 Å². The first-order chi connectivity index (χ1) is 10.2. The molecule has 3 rings (SSSR count). The van der Waals surface area contributed by atoms with Crippen LogP contribution in [0.1, 0.15) is 24.7 Å². The van der Waals surface area contributed by atoms with Gasteiger partial charge in [0, 0.05) is 18.8 Å². The standard InChI is InChI=1S/C16H16FN3O/c1-2-4-15-18-10-14-16(21)19(7-8-20(14)15)11-12-5-3-6-13(17)9-12/h3,5-10H,2,4,11H2,1H3. The normalized spacial score (nSPS) is 11.1. The van der Waals surface area contributed by atoms with Crippen molar-refractivity contribution in [2.45, 2.75) is 26.3 Å². The van der Waals surface area contributed by atoms with Crippen molar-refractivity contribution in [1.29, 1.82) is 0 Å². The molecule has 21 heavy (non-hydrogen) atoms. The Morgan fingerprint density at radius 3 is 2.90 bits per heavy atom. The van der Waals surface area contributed by atoms with E-state index in [4.69, 9.17) is 0 Å². The summed E-state index contributed by atoms with van der Waals surface area (Å²) in [4.78, 5) is 16.7. The lowest BCUT2D eigenvalue weighted by Crippen LogP contribution is -2.22. The van der Waals surface area contributed by atoms with Gasteiger partial charge in [0.1, 0.15) is 17.2 Å². The number of aryl methyl sites for hydroxylation is 1. The lowest BCUT2D eigenvalue weighted by Gasteiger charge is -2.07. The Bertz CT molecular complexity index is 835. The SMILES string of the molecule is CCCc1ncc2c(=O)n(Cc3cccc(F)c3)ccn12. The predicted octanol–water partition coefficient (Wildman–Crippen LogP) is 2.64. The van der Waals surface area contributed by atoms with Crippen LogP contribution in [0.4, 0.5) is 4.39 Å². The molecule has 0 saturated heterocycles. The van der Waals surface area contributed by atoms with Gasteiger partial charge in [-0.15, -0.1) is 0 Å². The van der Waals surface area contributed by atoms with Crippen LogP contribution in [0.5, 0.6) is 0 Å². The minimum Gasteiger partial charge on any atom is -0.308 e. The second kappa shape index (κ2) is 5.52. The monoisotopic (exact) mass is 285 g/mol. The second-order valence-electron chi connectivity index (χ2n) is 5.04. The Morgan fingerprint density at radius 2 is 2.14 bits per heavy atom. The number of nitrogens with zero attached hydrogens (tertiary/aromatic N) is 3. The highest BCUT2D eigenvalue weighted by Crippen LogP contribution is 2.07. The molecule has 5 heteroatoms. The van der Waals surface area contributed by atoms with Crippen LogP contribution in [-0.4, -0.2) is 14.0 Å². The minimum atomic E-state index is -0.295. The zero-order chi connectivity index (χ0) is 14.8. The molecule has 2 aromatic heterocycles. The summed E-state index contributed by atoms with van der Waals surface area (Å²) in [6.45, 7) is 2.42. The third-order valence-corrected chi connectivity index (χ3v) is 3.46. The number of imidazole rings is 1. The first-order valence-electron chi connectivity index (χ1n) is 6.99. The number of benzene rings is 1. The van der Waals surface area contributed by atoms with Gasteiger partial charge in [0.2, 0.25) is 0 Å². The Balaban J connectivity index is 2.01. The molecular weight excluding hydrogens is 269 g/mol. The highest BCUT2D eigenvalue weighted by molar-refractivity contribution is 5.43. The molecule has 0 unspecified atom stereocenters. The summed E-state index contributed by atoms with van der Waals surface area (Å²) in [5.74, 6) is 0.596. The number of halogens is 1. The number of fused-ring (bicyclic) bond motifs is 1. The molecule has 0 aliphatic carbocycles. The molecule has 108 valence electrons. The van der Waals surface area contributed by atoms with Gasteiger partial charge in [-0.25, -0.2) is 9.37 Å². The summed E-state index contributed by atoms with van der Waals surface area (Å²) < 4.78 is 16.6. The van der Waals surface area contributed by atoms with Crippen LogP contribution >= 0.6 is 0 Å². The van der Waals surface area contributed by atoms with Crippen LogP contribution in [0.2, 0.25) is 0 Å². The summed E-state index contributed by atoms with van der Waals surface area (Å²) in [6.07, 6.45) is 6.98. The molecule has 0 fully saturated rings. The maximum Gasteiger partial charge on any atom is 0.276 e. The molecule has 3 aromatic rings. The van der Waals surface area contributed by atoms with Crippen LogP contribution in [0.25, 0.3) is 5.52 Å². The predicted molar refractivity (Wildman–Crippen MR) is 78.9 cm³/mol. The fourth-order valence-electron chi connectivity index (χ4n) is 2.45. The number of aromatic nitrogens is 3. The van der Waals surface area contributed by atoms with E-state index in [9.17, 15) is 9.18 Å². The van der Waals surface area contributed by atoms with Crippen molar-refractivity contribution in [2.75, 3.05) is 0 Å². The molecule has 0 aliphatic rings. The van der Waals surface area contributed by atoms with Crippen molar-refractivity contribution in [3.63, 3.8) is 0 Å². The third-order valence-electron chi connectivity index (χ3n) is 3.46. The van der Waals surface area contributed by atoms with Gasteiger partial charge in [-0.1, -0.05) is 19.1 Å². The summed E-state index contributed by atoms with van der Waals surface area (Å²) >= 11 is 0. The maximum atomic E-state index is 13.2. The smallest absolute Gasteiger partial charge is 0.276 e. The van der Waals surface area contributed by atoms with Crippen molar-refractivity contribution in [3.05, 3.63) is 70.4 Å². The summed E-state index contributed by atoms with van der Waals surface area (Å²) in [6, 6.07) is 6.28. The van der Waals surface area contributed by atoms with Crippen LogP contribution in [0, 0.1) is 5.82 Å². The van der Waals surface area contributed by atoms with Gasteiger partial charge >= 0.3 is 0 Å². The molecule has 0 aliphatic heterocycles. The van der Waals surface area contributed by atoms with Crippen molar-refractivity contribution < 1.29 is 4.39 Å². The van der Waals surface area contributed by atoms with E-state index < -0.39 is 0 Å². The fourth-order valence-corrected chi connectivity index (χ4v) is 2.45. The summed E-state index contributed by atoms with van der Waals surface area (Å²) in [7, 11) is 0.